The number of carbonyl (C=O) groups is 1. The summed E-state index contributed by atoms with van der Waals surface area (Å²) in [6.07, 6.45) is 1.09. The fourth-order valence-corrected chi connectivity index (χ4v) is 5.18. The number of likely N-dealkylation sites (N-methyl/N-ethyl adjacent to an activating group) is 1. The molecule has 2 atom stereocenters. The maximum absolute atomic E-state index is 13.0. The van der Waals surface area contributed by atoms with E-state index in [9.17, 15) is 4.79 Å². The van der Waals surface area contributed by atoms with Crippen LogP contribution >= 0.6 is 11.6 Å². The van der Waals surface area contributed by atoms with E-state index in [2.05, 4.69) is 16.3 Å². The Kier molecular flexibility index (Phi) is 7.78. The molecule has 7 heteroatoms. The number of hydrogen-bond acceptors (Lipinski definition) is 5. The molecule has 2 aromatic carbocycles. The molecule has 1 amide bonds. The molecule has 0 aliphatic carbocycles. The van der Waals surface area contributed by atoms with Crippen LogP contribution in [0.2, 0.25) is 5.02 Å². The van der Waals surface area contributed by atoms with Crippen molar-refractivity contribution in [2.24, 2.45) is 11.8 Å². The summed E-state index contributed by atoms with van der Waals surface area (Å²) in [4.78, 5) is 19.6. The second-order valence-electron chi connectivity index (χ2n) is 9.43. The fraction of sp³-hybridized carbons (Fsp3) is 0.500. The van der Waals surface area contributed by atoms with Crippen LogP contribution in [-0.2, 0) is 0 Å². The third-order valence-electron chi connectivity index (χ3n) is 6.99. The highest BCUT2D eigenvalue weighted by Gasteiger charge is 2.41. The van der Waals surface area contributed by atoms with Crippen molar-refractivity contribution >= 4 is 28.9 Å². The van der Waals surface area contributed by atoms with Crippen molar-refractivity contribution in [2.45, 2.75) is 13.3 Å². The van der Waals surface area contributed by atoms with Gasteiger partial charge in [-0.3, -0.25) is 4.79 Å². The smallest absolute Gasteiger partial charge is 0.253 e. The van der Waals surface area contributed by atoms with E-state index in [1.165, 1.54) is 0 Å². The summed E-state index contributed by atoms with van der Waals surface area (Å²) in [7, 11) is 1.94. The van der Waals surface area contributed by atoms with Gasteiger partial charge in [0.1, 0.15) is 0 Å². The van der Waals surface area contributed by atoms with Crippen LogP contribution in [0.25, 0.3) is 0 Å². The van der Waals surface area contributed by atoms with Gasteiger partial charge in [-0.25, -0.2) is 0 Å². The molecule has 2 aromatic rings. The van der Waals surface area contributed by atoms with Gasteiger partial charge in [-0.1, -0.05) is 17.7 Å². The maximum atomic E-state index is 13.0. The number of benzene rings is 2. The quantitative estimate of drug-likeness (QED) is 0.548. The number of halogens is 1. The molecule has 33 heavy (non-hydrogen) atoms. The van der Waals surface area contributed by atoms with Crippen molar-refractivity contribution in [3.63, 3.8) is 0 Å². The van der Waals surface area contributed by atoms with E-state index in [4.69, 9.17) is 16.7 Å². The Morgan fingerprint density at radius 1 is 1.12 bits per heavy atom. The van der Waals surface area contributed by atoms with Crippen LogP contribution in [0.1, 0.15) is 22.3 Å². The molecule has 6 nitrogen and oxygen atoms in total. The number of amides is 1. The van der Waals surface area contributed by atoms with Crippen LogP contribution in [0, 0.1) is 18.8 Å². The van der Waals surface area contributed by atoms with Crippen molar-refractivity contribution in [2.75, 3.05) is 69.7 Å². The van der Waals surface area contributed by atoms with E-state index in [1.807, 2.05) is 60.2 Å². The van der Waals surface area contributed by atoms with E-state index >= 15 is 0 Å². The number of fused-ring (bicyclic) bond motifs is 1. The van der Waals surface area contributed by atoms with Crippen molar-refractivity contribution in [3.8, 4) is 0 Å². The lowest BCUT2D eigenvalue weighted by atomic mass is 10.0. The van der Waals surface area contributed by atoms with E-state index in [0.29, 0.717) is 18.4 Å². The third kappa shape index (κ3) is 5.81. The minimum Gasteiger partial charge on any atom is -0.395 e. The van der Waals surface area contributed by atoms with Crippen LogP contribution < -0.4 is 10.2 Å². The first-order valence-electron chi connectivity index (χ1n) is 11.9. The van der Waals surface area contributed by atoms with Crippen molar-refractivity contribution in [3.05, 3.63) is 58.6 Å². The minimum atomic E-state index is 0.114. The molecule has 0 saturated carbocycles. The van der Waals surface area contributed by atoms with Gasteiger partial charge >= 0.3 is 0 Å². The predicted octanol–water partition coefficient (Wildman–Crippen LogP) is 3.58. The van der Waals surface area contributed by atoms with Gasteiger partial charge in [-0.2, -0.15) is 0 Å². The number of aryl methyl sites for hydroxylation is 1. The van der Waals surface area contributed by atoms with Gasteiger partial charge in [0, 0.05) is 68.3 Å². The van der Waals surface area contributed by atoms with E-state index in [1.54, 1.807) is 0 Å². The second-order valence-corrected chi connectivity index (χ2v) is 9.83. The molecule has 0 aromatic heterocycles. The van der Waals surface area contributed by atoms with Gasteiger partial charge in [0.2, 0.25) is 0 Å². The minimum absolute atomic E-state index is 0.114. The average Bonchev–Trinajstić information content (AvgIpc) is 3.38. The van der Waals surface area contributed by atoms with Crippen LogP contribution in [0.4, 0.5) is 11.4 Å². The number of hydrogen-bond donors (Lipinski definition) is 2. The molecule has 0 spiro atoms. The van der Waals surface area contributed by atoms with Crippen LogP contribution in [0.15, 0.2) is 42.5 Å². The zero-order valence-electron chi connectivity index (χ0n) is 19.6. The van der Waals surface area contributed by atoms with Gasteiger partial charge in [0.15, 0.2) is 0 Å². The predicted molar refractivity (Wildman–Crippen MR) is 135 cm³/mol. The van der Waals surface area contributed by atoms with E-state index in [-0.39, 0.29) is 12.5 Å². The van der Waals surface area contributed by atoms with Gasteiger partial charge in [0.05, 0.1) is 6.61 Å². The molecule has 2 fully saturated rings. The number of nitrogens with one attached hydrogen (secondary N) is 1. The first-order chi connectivity index (χ1) is 15.9. The third-order valence-corrected chi connectivity index (χ3v) is 7.40. The number of rotatable bonds is 9. The largest absolute Gasteiger partial charge is 0.395 e. The van der Waals surface area contributed by atoms with Crippen LogP contribution in [-0.4, -0.2) is 80.3 Å². The SMILES string of the molecule is Cc1ccc(NCCCN2CC3CN(C(=O)c4ccc(N(C)CCO)cc4)CC3C2)cc1Cl. The zero-order chi connectivity index (χ0) is 23.4. The molecule has 2 heterocycles. The monoisotopic (exact) mass is 470 g/mol. The Morgan fingerprint density at radius 3 is 2.45 bits per heavy atom. The average molecular weight is 471 g/mol. The summed E-state index contributed by atoms with van der Waals surface area (Å²) in [6, 6.07) is 13.8. The van der Waals surface area contributed by atoms with Crippen molar-refractivity contribution < 1.29 is 9.90 Å². The maximum Gasteiger partial charge on any atom is 0.253 e. The molecule has 4 rings (SSSR count). The van der Waals surface area contributed by atoms with Crippen molar-refractivity contribution in [1.29, 1.82) is 0 Å². The second kappa shape index (κ2) is 10.8. The lowest BCUT2D eigenvalue weighted by Gasteiger charge is -2.22. The summed E-state index contributed by atoms with van der Waals surface area (Å²) in [5, 5.41) is 13.4. The van der Waals surface area contributed by atoms with Gasteiger partial charge in [-0.05, 0) is 73.7 Å². The fourth-order valence-electron chi connectivity index (χ4n) is 5.00. The van der Waals surface area contributed by atoms with E-state index < -0.39 is 0 Å². The van der Waals surface area contributed by atoms with Crippen LogP contribution in [0.3, 0.4) is 0 Å². The Morgan fingerprint density at radius 2 is 1.82 bits per heavy atom. The first kappa shape index (κ1) is 23.9. The summed E-state index contributed by atoms with van der Waals surface area (Å²) < 4.78 is 0. The summed E-state index contributed by atoms with van der Waals surface area (Å²) in [6.45, 7) is 8.58. The Hall–Kier alpha value is -2.28. The highest BCUT2D eigenvalue weighted by atomic mass is 35.5. The highest BCUT2D eigenvalue weighted by molar-refractivity contribution is 6.31. The standard InChI is InChI=1S/C26H35ClN4O2/c1-19-4-7-23(14-25(19)27)28-10-3-11-30-15-21-17-31(18-22(21)16-30)26(33)20-5-8-24(9-6-20)29(2)12-13-32/h4-9,14,21-22,28,32H,3,10-13,15-18H2,1-2H3. The summed E-state index contributed by atoms with van der Waals surface area (Å²) in [5.74, 6) is 1.29. The Labute approximate surface area is 202 Å². The highest BCUT2D eigenvalue weighted by Crippen LogP contribution is 2.32. The molecule has 0 bridgehead atoms. The number of nitrogens with zero attached hydrogens (tertiary/aromatic N) is 3. The molecular formula is C26H35ClN4O2. The molecule has 2 aliphatic heterocycles. The molecular weight excluding hydrogens is 436 g/mol. The topological polar surface area (TPSA) is 59.0 Å². The lowest BCUT2D eigenvalue weighted by molar-refractivity contribution is 0.0774. The number of aliphatic hydroxyl groups excluding tert-OH is 1. The Bertz CT molecular complexity index is 938. The molecule has 178 valence electrons. The number of anilines is 2. The molecule has 2 unspecified atom stereocenters. The summed E-state index contributed by atoms with van der Waals surface area (Å²) >= 11 is 6.20. The van der Waals surface area contributed by atoms with Gasteiger partial charge < -0.3 is 25.1 Å². The number of carbonyl (C=O) groups excluding carboxylic acids is 1. The number of likely N-dealkylation sites (tertiary alicyclic amines) is 2. The van der Waals surface area contributed by atoms with Gasteiger partial charge in [0.25, 0.3) is 5.91 Å². The lowest BCUT2D eigenvalue weighted by Crippen LogP contribution is -2.33. The molecule has 0 radical (unpaired) electrons. The molecule has 2 saturated heterocycles. The van der Waals surface area contributed by atoms with E-state index in [0.717, 1.165) is 73.2 Å². The first-order valence-corrected chi connectivity index (χ1v) is 12.3. The molecule has 2 aliphatic rings. The van der Waals surface area contributed by atoms with Gasteiger partial charge in [-0.15, -0.1) is 0 Å². The normalized spacial score (nSPS) is 20.2. The zero-order valence-corrected chi connectivity index (χ0v) is 20.4. The van der Waals surface area contributed by atoms with Crippen LogP contribution in [0.5, 0.6) is 0 Å². The Balaban J connectivity index is 1.20. The van der Waals surface area contributed by atoms with Crippen molar-refractivity contribution in [1.82, 2.24) is 9.80 Å². The molecule has 2 N–H and O–H groups in total. The number of aliphatic hydroxyl groups is 1. The summed E-state index contributed by atoms with van der Waals surface area (Å²) in [5.41, 5.74) is 3.93.